The van der Waals surface area contributed by atoms with Crippen LogP contribution in [0.1, 0.15) is 19.8 Å². The molecule has 158 valence electrons. The molecular weight excluding hydrogens is 380 g/mol. The minimum Gasteiger partial charge on any atom is -0.378 e. The van der Waals surface area contributed by atoms with Gasteiger partial charge >= 0.3 is 0 Å². The Labute approximate surface area is 177 Å². The van der Waals surface area contributed by atoms with Crippen molar-refractivity contribution in [2.45, 2.75) is 25.8 Å². The first-order valence-corrected chi connectivity index (χ1v) is 10.5. The number of rotatable bonds is 6. The number of hydrogen-bond donors (Lipinski definition) is 2. The van der Waals surface area contributed by atoms with E-state index in [1.54, 1.807) is 4.90 Å². The fourth-order valence-corrected chi connectivity index (χ4v) is 3.83. The summed E-state index contributed by atoms with van der Waals surface area (Å²) in [7, 11) is 0. The van der Waals surface area contributed by atoms with Crippen molar-refractivity contribution in [3.05, 3.63) is 48.5 Å². The highest BCUT2D eigenvalue weighted by Gasteiger charge is 2.22. The molecule has 30 heavy (non-hydrogen) atoms. The second-order valence-electron chi connectivity index (χ2n) is 7.70. The molecule has 0 bridgehead atoms. The van der Waals surface area contributed by atoms with Crippen molar-refractivity contribution in [1.82, 2.24) is 0 Å². The molecule has 7 heteroatoms. The van der Waals surface area contributed by atoms with Crippen LogP contribution in [0.15, 0.2) is 48.5 Å². The normalized spacial score (nSPS) is 17.7. The zero-order valence-electron chi connectivity index (χ0n) is 17.3. The fraction of sp³-hybridized carbons (Fsp3) is 0.391. The predicted octanol–water partition coefficient (Wildman–Crippen LogP) is 3.09. The average molecular weight is 409 g/mol. The quantitative estimate of drug-likeness (QED) is 0.768. The molecule has 4 rings (SSSR count). The smallest absolute Gasteiger partial charge is 0.246 e. The first-order chi connectivity index (χ1) is 14.6. The molecule has 2 amide bonds. The molecule has 2 aliphatic heterocycles. The van der Waals surface area contributed by atoms with Crippen molar-refractivity contribution in [1.29, 1.82) is 0 Å². The second kappa shape index (κ2) is 9.17. The number of carbonyl (C=O) groups is 2. The maximum Gasteiger partial charge on any atom is 0.246 e. The van der Waals surface area contributed by atoms with Crippen LogP contribution in [0.3, 0.4) is 0 Å². The second-order valence-corrected chi connectivity index (χ2v) is 7.70. The van der Waals surface area contributed by atoms with Crippen LogP contribution >= 0.6 is 0 Å². The monoisotopic (exact) mass is 408 g/mol. The highest BCUT2D eigenvalue weighted by atomic mass is 16.5. The molecule has 2 fully saturated rings. The van der Waals surface area contributed by atoms with E-state index in [0.717, 1.165) is 62.0 Å². The van der Waals surface area contributed by atoms with Crippen LogP contribution in [0.5, 0.6) is 0 Å². The van der Waals surface area contributed by atoms with Gasteiger partial charge in [-0.05, 0) is 55.8 Å². The maximum atomic E-state index is 12.6. The van der Waals surface area contributed by atoms with E-state index in [4.69, 9.17) is 4.74 Å². The lowest BCUT2D eigenvalue weighted by Gasteiger charge is -2.29. The van der Waals surface area contributed by atoms with Crippen LogP contribution in [0, 0.1) is 0 Å². The average Bonchev–Trinajstić information content (AvgIpc) is 3.21. The SMILES string of the molecule is C[C@H](Nc1cccc(N2CCCC2=O)c1)C(=O)Nc1ccc(N2CCOCC2)cc1. The van der Waals surface area contributed by atoms with Gasteiger partial charge in [-0.2, -0.15) is 0 Å². The van der Waals surface area contributed by atoms with Crippen LogP contribution in [0.2, 0.25) is 0 Å². The van der Waals surface area contributed by atoms with Crippen molar-refractivity contribution in [2.75, 3.05) is 53.3 Å². The fourth-order valence-electron chi connectivity index (χ4n) is 3.83. The largest absolute Gasteiger partial charge is 0.378 e. The van der Waals surface area contributed by atoms with E-state index in [-0.39, 0.29) is 11.8 Å². The summed E-state index contributed by atoms with van der Waals surface area (Å²) in [5.41, 5.74) is 3.59. The van der Waals surface area contributed by atoms with Gasteiger partial charge in [0, 0.05) is 48.8 Å². The zero-order chi connectivity index (χ0) is 20.9. The molecule has 0 unspecified atom stereocenters. The Balaban J connectivity index is 1.34. The molecule has 7 nitrogen and oxygen atoms in total. The van der Waals surface area contributed by atoms with Gasteiger partial charge in [-0.15, -0.1) is 0 Å². The molecule has 2 N–H and O–H groups in total. The number of benzene rings is 2. The molecule has 2 saturated heterocycles. The van der Waals surface area contributed by atoms with Crippen molar-refractivity contribution in [3.8, 4) is 0 Å². The van der Waals surface area contributed by atoms with Gasteiger partial charge in [-0.25, -0.2) is 0 Å². The van der Waals surface area contributed by atoms with Crippen LogP contribution in [0.4, 0.5) is 22.7 Å². The van der Waals surface area contributed by atoms with Crippen molar-refractivity contribution in [3.63, 3.8) is 0 Å². The van der Waals surface area contributed by atoms with Gasteiger partial charge in [0.05, 0.1) is 13.2 Å². The lowest BCUT2D eigenvalue weighted by Crippen LogP contribution is -2.36. The van der Waals surface area contributed by atoms with Crippen LogP contribution < -0.4 is 20.4 Å². The summed E-state index contributed by atoms with van der Waals surface area (Å²) in [6.07, 6.45) is 1.49. The summed E-state index contributed by atoms with van der Waals surface area (Å²) in [6, 6.07) is 15.1. The summed E-state index contributed by atoms with van der Waals surface area (Å²) >= 11 is 0. The van der Waals surface area contributed by atoms with E-state index in [2.05, 4.69) is 15.5 Å². The molecule has 0 spiro atoms. The van der Waals surface area contributed by atoms with Crippen LogP contribution in [0.25, 0.3) is 0 Å². The lowest BCUT2D eigenvalue weighted by atomic mass is 10.2. The Morgan fingerprint density at radius 2 is 1.77 bits per heavy atom. The van der Waals surface area contributed by atoms with Gasteiger partial charge in [-0.1, -0.05) is 6.07 Å². The summed E-state index contributed by atoms with van der Waals surface area (Å²) in [5.74, 6) is 0.0373. The zero-order valence-corrected chi connectivity index (χ0v) is 17.3. The summed E-state index contributed by atoms with van der Waals surface area (Å²) in [6.45, 7) is 5.83. The Morgan fingerprint density at radius 3 is 2.47 bits per heavy atom. The molecule has 2 aliphatic rings. The number of nitrogens with zero attached hydrogens (tertiary/aromatic N) is 2. The third kappa shape index (κ3) is 4.74. The highest BCUT2D eigenvalue weighted by Crippen LogP contribution is 2.25. The van der Waals surface area contributed by atoms with Gasteiger partial charge in [-0.3, -0.25) is 9.59 Å². The number of anilines is 4. The number of nitrogens with one attached hydrogen (secondary N) is 2. The Morgan fingerprint density at radius 1 is 1.00 bits per heavy atom. The number of hydrogen-bond acceptors (Lipinski definition) is 5. The van der Waals surface area contributed by atoms with Crippen LogP contribution in [-0.4, -0.2) is 50.7 Å². The van der Waals surface area contributed by atoms with E-state index in [9.17, 15) is 9.59 Å². The van der Waals surface area contributed by atoms with Crippen LogP contribution in [-0.2, 0) is 14.3 Å². The van der Waals surface area contributed by atoms with Crippen molar-refractivity contribution < 1.29 is 14.3 Å². The minimum absolute atomic E-state index is 0.114. The Hall–Kier alpha value is -3.06. The number of morpholine rings is 1. The van der Waals surface area contributed by atoms with Gasteiger partial charge in [0.15, 0.2) is 0 Å². The summed E-state index contributed by atoms with van der Waals surface area (Å²) in [4.78, 5) is 28.7. The number of carbonyl (C=O) groups excluding carboxylic acids is 2. The third-order valence-electron chi connectivity index (χ3n) is 5.52. The third-order valence-corrected chi connectivity index (χ3v) is 5.52. The predicted molar refractivity (Wildman–Crippen MR) is 119 cm³/mol. The first-order valence-electron chi connectivity index (χ1n) is 10.5. The number of amides is 2. The van der Waals surface area contributed by atoms with Gasteiger partial charge < -0.3 is 25.2 Å². The van der Waals surface area contributed by atoms with Gasteiger partial charge in [0.1, 0.15) is 6.04 Å². The topological polar surface area (TPSA) is 73.9 Å². The van der Waals surface area contributed by atoms with E-state index >= 15 is 0 Å². The summed E-state index contributed by atoms with van der Waals surface area (Å²) in [5, 5.41) is 6.19. The van der Waals surface area contributed by atoms with Crippen molar-refractivity contribution in [2.24, 2.45) is 0 Å². The molecule has 2 heterocycles. The maximum absolute atomic E-state index is 12.6. The Bertz CT molecular complexity index is 894. The lowest BCUT2D eigenvalue weighted by molar-refractivity contribution is -0.117. The van der Waals surface area contributed by atoms with E-state index in [1.807, 2.05) is 55.5 Å². The highest BCUT2D eigenvalue weighted by molar-refractivity contribution is 5.97. The molecular formula is C23H28N4O3. The summed E-state index contributed by atoms with van der Waals surface area (Å²) < 4.78 is 5.39. The number of ether oxygens (including phenoxy) is 1. The minimum atomic E-state index is -0.423. The molecule has 0 aliphatic carbocycles. The van der Waals surface area contributed by atoms with Gasteiger partial charge in [0.2, 0.25) is 11.8 Å². The molecule has 0 saturated carbocycles. The molecule has 1 atom stereocenters. The van der Waals surface area contributed by atoms with E-state index in [0.29, 0.717) is 6.42 Å². The standard InChI is InChI=1S/C23H28N4O3/c1-17(24-19-4-2-5-21(16-19)27-11-3-6-22(27)28)23(29)25-18-7-9-20(10-8-18)26-12-14-30-15-13-26/h2,4-5,7-10,16-17,24H,3,6,11-15H2,1H3,(H,25,29)/t17-/m0/s1. The van der Waals surface area contributed by atoms with Gasteiger partial charge in [0.25, 0.3) is 0 Å². The Kier molecular flexibility index (Phi) is 6.18. The molecule has 0 radical (unpaired) electrons. The van der Waals surface area contributed by atoms with E-state index < -0.39 is 6.04 Å². The molecule has 2 aromatic carbocycles. The molecule has 2 aromatic rings. The first kappa shape index (κ1) is 20.2. The van der Waals surface area contributed by atoms with E-state index in [1.165, 1.54) is 0 Å². The van der Waals surface area contributed by atoms with Crippen molar-refractivity contribution >= 4 is 34.6 Å². The molecule has 0 aromatic heterocycles.